The molecule has 2 aromatic rings. The SMILES string of the molecule is C[C@H](NC(=O)c1ccc(Cl)cc1)C(=O)N1CCC(C(=O)c2ccc3c(c2)OCCO3)CC1. The Morgan fingerprint density at radius 2 is 1.59 bits per heavy atom. The topological polar surface area (TPSA) is 84.9 Å². The zero-order valence-corrected chi connectivity index (χ0v) is 18.6. The number of ketones is 1. The number of halogens is 1. The van der Waals surface area contributed by atoms with E-state index >= 15 is 0 Å². The number of carbonyl (C=O) groups is 3. The van der Waals surface area contributed by atoms with E-state index in [0.29, 0.717) is 66.8 Å². The molecule has 2 aliphatic rings. The molecule has 1 fully saturated rings. The van der Waals surface area contributed by atoms with Crippen LogP contribution in [0.15, 0.2) is 42.5 Å². The summed E-state index contributed by atoms with van der Waals surface area (Å²) in [4.78, 5) is 39.8. The van der Waals surface area contributed by atoms with Crippen molar-refractivity contribution in [3.63, 3.8) is 0 Å². The van der Waals surface area contributed by atoms with Gasteiger partial charge < -0.3 is 19.7 Å². The number of likely N-dealkylation sites (tertiary alicyclic amines) is 1. The maximum absolute atomic E-state index is 13.0. The molecule has 0 radical (unpaired) electrons. The molecule has 1 saturated heterocycles. The predicted molar refractivity (Wildman–Crippen MR) is 119 cm³/mol. The summed E-state index contributed by atoms with van der Waals surface area (Å²) < 4.78 is 11.1. The fraction of sp³-hybridized carbons (Fsp3) is 0.375. The van der Waals surface area contributed by atoms with E-state index in [0.717, 1.165) is 0 Å². The van der Waals surface area contributed by atoms with Crippen molar-refractivity contribution in [2.75, 3.05) is 26.3 Å². The normalized spacial score (nSPS) is 16.9. The molecule has 7 nitrogen and oxygen atoms in total. The number of nitrogens with one attached hydrogen (secondary N) is 1. The Bertz CT molecular complexity index is 1020. The lowest BCUT2D eigenvalue weighted by Crippen LogP contribution is -2.49. The van der Waals surface area contributed by atoms with Gasteiger partial charge >= 0.3 is 0 Å². The molecule has 168 valence electrons. The molecule has 2 aromatic carbocycles. The third-order valence-electron chi connectivity index (χ3n) is 5.83. The number of benzene rings is 2. The van der Waals surface area contributed by atoms with Crippen molar-refractivity contribution in [2.45, 2.75) is 25.8 Å². The van der Waals surface area contributed by atoms with Crippen molar-refractivity contribution in [3.05, 3.63) is 58.6 Å². The molecule has 1 N–H and O–H groups in total. The molecule has 2 amide bonds. The van der Waals surface area contributed by atoms with E-state index in [2.05, 4.69) is 5.32 Å². The van der Waals surface area contributed by atoms with Crippen LogP contribution in [-0.4, -0.2) is 54.8 Å². The number of piperidine rings is 1. The third-order valence-corrected chi connectivity index (χ3v) is 6.08. The van der Waals surface area contributed by atoms with Crippen molar-refractivity contribution in [1.29, 1.82) is 0 Å². The molecular formula is C24H25ClN2O5. The number of hydrogen-bond donors (Lipinski definition) is 1. The highest BCUT2D eigenvalue weighted by Crippen LogP contribution is 2.32. The molecule has 0 unspecified atom stereocenters. The monoisotopic (exact) mass is 456 g/mol. The minimum atomic E-state index is -0.664. The van der Waals surface area contributed by atoms with Gasteiger partial charge in [0.2, 0.25) is 5.91 Å². The minimum Gasteiger partial charge on any atom is -0.486 e. The molecule has 4 rings (SSSR count). The largest absolute Gasteiger partial charge is 0.486 e. The zero-order chi connectivity index (χ0) is 22.7. The first kappa shape index (κ1) is 22.1. The lowest BCUT2D eigenvalue weighted by Gasteiger charge is -2.33. The Hall–Kier alpha value is -3.06. The van der Waals surface area contributed by atoms with Crippen LogP contribution in [-0.2, 0) is 4.79 Å². The lowest BCUT2D eigenvalue weighted by atomic mass is 9.88. The average molecular weight is 457 g/mol. The number of hydrogen-bond acceptors (Lipinski definition) is 5. The molecule has 8 heteroatoms. The number of rotatable bonds is 5. The highest BCUT2D eigenvalue weighted by atomic mass is 35.5. The van der Waals surface area contributed by atoms with E-state index in [9.17, 15) is 14.4 Å². The Labute approximate surface area is 191 Å². The van der Waals surface area contributed by atoms with E-state index < -0.39 is 6.04 Å². The van der Waals surface area contributed by atoms with Gasteiger partial charge in [-0.1, -0.05) is 11.6 Å². The average Bonchev–Trinajstić information content (AvgIpc) is 2.83. The van der Waals surface area contributed by atoms with Crippen molar-refractivity contribution in [2.24, 2.45) is 5.92 Å². The van der Waals surface area contributed by atoms with Gasteiger partial charge in [-0.25, -0.2) is 0 Å². The Kier molecular flexibility index (Phi) is 6.65. The Balaban J connectivity index is 1.30. The van der Waals surface area contributed by atoms with Crippen LogP contribution in [0.4, 0.5) is 0 Å². The van der Waals surface area contributed by atoms with Crippen molar-refractivity contribution < 1.29 is 23.9 Å². The van der Waals surface area contributed by atoms with Gasteiger partial charge in [-0.2, -0.15) is 0 Å². The number of carbonyl (C=O) groups excluding carboxylic acids is 3. The summed E-state index contributed by atoms with van der Waals surface area (Å²) in [6.07, 6.45) is 1.16. The second-order valence-corrected chi connectivity index (χ2v) is 8.46. The lowest BCUT2D eigenvalue weighted by molar-refractivity contribution is -0.134. The maximum atomic E-state index is 13.0. The fourth-order valence-corrected chi connectivity index (χ4v) is 4.14. The summed E-state index contributed by atoms with van der Waals surface area (Å²) in [6.45, 7) is 3.59. The molecule has 0 spiro atoms. The van der Waals surface area contributed by atoms with Crippen LogP contribution in [0.5, 0.6) is 11.5 Å². The first-order valence-corrected chi connectivity index (χ1v) is 11.1. The highest BCUT2D eigenvalue weighted by molar-refractivity contribution is 6.30. The molecule has 0 aliphatic carbocycles. The van der Waals surface area contributed by atoms with Crippen LogP contribution < -0.4 is 14.8 Å². The molecular weight excluding hydrogens is 432 g/mol. The van der Waals surface area contributed by atoms with Gasteiger partial charge in [-0.15, -0.1) is 0 Å². The standard InChI is InChI=1S/C24H25ClN2O5/c1-15(26-23(29)17-2-5-19(25)6-3-17)24(30)27-10-8-16(9-11-27)22(28)18-4-7-20-21(14-18)32-13-12-31-20/h2-7,14-16H,8-13H2,1H3,(H,26,29)/t15-/m0/s1. The zero-order valence-electron chi connectivity index (χ0n) is 17.8. The Morgan fingerprint density at radius 3 is 2.28 bits per heavy atom. The molecule has 32 heavy (non-hydrogen) atoms. The summed E-state index contributed by atoms with van der Waals surface area (Å²) in [7, 11) is 0. The molecule has 2 heterocycles. The van der Waals surface area contributed by atoms with Gasteiger partial charge in [0.15, 0.2) is 17.3 Å². The second kappa shape index (κ2) is 9.61. The quantitative estimate of drug-likeness (QED) is 0.697. The number of fused-ring (bicyclic) bond motifs is 1. The van der Waals surface area contributed by atoms with Crippen molar-refractivity contribution in [1.82, 2.24) is 10.2 Å². The van der Waals surface area contributed by atoms with Gasteiger partial charge in [-0.3, -0.25) is 14.4 Å². The van der Waals surface area contributed by atoms with E-state index in [1.807, 2.05) is 0 Å². The number of amides is 2. The van der Waals surface area contributed by atoms with Crippen LogP contribution in [0.3, 0.4) is 0 Å². The molecule has 1 atom stereocenters. The molecule has 2 aliphatic heterocycles. The van der Waals surface area contributed by atoms with Crippen LogP contribution in [0.1, 0.15) is 40.5 Å². The summed E-state index contributed by atoms with van der Waals surface area (Å²) in [5.41, 5.74) is 1.04. The van der Waals surface area contributed by atoms with Crippen LogP contribution in [0.2, 0.25) is 5.02 Å². The predicted octanol–water partition coefficient (Wildman–Crippen LogP) is 3.35. The van der Waals surface area contributed by atoms with Gasteiger partial charge in [0.1, 0.15) is 19.3 Å². The van der Waals surface area contributed by atoms with Crippen LogP contribution in [0, 0.1) is 5.92 Å². The first-order chi connectivity index (χ1) is 15.4. The number of ether oxygens (including phenoxy) is 2. The van der Waals surface area contributed by atoms with E-state index in [-0.39, 0.29) is 23.5 Å². The van der Waals surface area contributed by atoms with Gasteiger partial charge in [-0.05, 0) is 62.2 Å². The summed E-state index contributed by atoms with van der Waals surface area (Å²) in [5, 5.41) is 3.28. The van der Waals surface area contributed by atoms with Gasteiger partial charge in [0.25, 0.3) is 5.91 Å². The minimum absolute atomic E-state index is 0.0539. The number of nitrogens with zero attached hydrogens (tertiary/aromatic N) is 1. The number of Topliss-reactive ketones (excluding diaryl/α,β-unsaturated/α-hetero) is 1. The molecule has 0 aromatic heterocycles. The van der Waals surface area contributed by atoms with Gasteiger partial charge in [0, 0.05) is 35.2 Å². The second-order valence-electron chi connectivity index (χ2n) is 8.02. The summed E-state index contributed by atoms with van der Waals surface area (Å²) in [6, 6.07) is 11.1. The van der Waals surface area contributed by atoms with Gasteiger partial charge in [0.05, 0.1) is 0 Å². The third kappa shape index (κ3) is 4.88. The van der Waals surface area contributed by atoms with Crippen molar-refractivity contribution in [3.8, 4) is 11.5 Å². The molecule has 0 saturated carbocycles. The smallest absolute Gasteiger partial charge is 0.251 e. The summed E-state index contributed by atoms with van der Waals surface area (Å²) in [5.74, 6) is 0.672. The van der Waals surface area contributed by atoms with E-state index in [1.165, 1.54) is 0 Å². The Morgan fingerprint density at radius 1 is 0.969 bits per heavy atom. The van der Waals surface area contributed by atoms with E-state index in [4.69, 9.17) is 21.1 Å². The first-order valence-electron chi connectivity index (χ1n) is 10.7. The maximum Gasteiger partial charge on any atom is 0.251 e. The van der Waals surface area contributed by atoms with Crippen molar-refractivity contribution >= 4 is 29.2 Å². The summed E-state index contributed by atoms with van der Waals surface area (Å²) >= 11 is 5.85. The highest BCUT2D eigenvalue weighted by Gasteiger charge is 2.31. The fourth-order valence-electron chi connectivity index (χ4n) is 4.01. The molecule has 0 bridgehead atoms. The van der Waals surface area contributed by atoms with E-state index in [1.54, 1.807) is 54.3 Å². The van der Waals surface area contributed by atoms with Crippen LogP contribution >= 0.6 is 11.6 Å². The van der Waals surface area contributed by atoms with Crippen LogP contribution in [0.25, 0.3) is 0 Å².